The van der Waals surface area contributed by atoms with Crippen molar-refractivity contribution in [3.63, 3.8) is 0 Å². The molecular weight excluding hydrogens is 164 g/mol. The predicted octanol–water partition coefficient (Wildman–Crippen LogP) is 0.198. The highest BCUT2D eigenvalue weighted by Gasteiger charge is 2.20. The third-order valence-corrected chi connectivity index (χ3v) is 1.29. The number of carboxylic acid groups (broad SMARTS) is 2. The fourth-order valence-corrected chi connectivity index (χ4v) is 0.688. The lowest BCUT2D eigenvalue weighted by Gasteiger charge is -2.08. The SMILES string of the molecule is CCOCC(CC(=O)O)C(=O)O. The van der Waals surface area contributed by atoms with Crippen LogP contribution >= 0.6 is 0 Å². The van der Waals surface area contributed by atoms with Crippen LogP contribution in [-0.4, -0.2) is 35.4 Å². The monoisotopic (exact) mass is 176 g/mol. The summed E-state index contributed by atoms with van der Waals surface area (Å²) < 4.78 is 4.81. The molecule has 1 unspecified atom stereocenters. The molecule has 0 radical (unpaired) electrons. The molecule has 2 N–H and O–H groups in total. The molecule has 0 aliphatic carbocycles. The zero-order valence-corrected chi connectivity index (χ0v) is 6.82. The Morgan fingerprint density at radius 2 is 2.00 bits per heavy atom. The molecule has 0 spiro atoms. The average molecular weight is 176 g/mol. The fraction of sp³-hybridized carbons (Fsp3) is 0.714. The first-order valence-electron chi connectivity index (χ1n) is 3.60. The maximum atomic E-state index is 10.4. The summed E-state index contributed by atoms with van der Waals surface area (Å²) >= 11 is 0. The largest absolute Gasteiger partial charge is 0.481 e. The van der Waals surface area contributed by atoms with Gasteiger partial charge in [0.1, 0.15) is 0 Å². The van der Waals surface area contributed by atoms with E-state index < -0.39 is 24.3 Å². The Morgan fingerprint density at radius 1 is 1.42 bits per heavy atom. The van der Waals surface area contributed by atoms with Gasteiger partial charge < -0.3 is 14.9 Å². The van der Waals surface area contributed by atoms with E-state index >= 15 is 0 Å². The Labute approximate surface area is 70.0 Å². The molecule has 0 aliphatic heterocycles. The summed E-state index contributed by atoms with van der Waals surface area (Å²) in [6, 6.07) is 0. The van der Waals surface area contributed by atoms with Gasteiger partial charge in [-0.1, -0.05) is 0 Å². The number of ether oxygens (including phenoxy) is 1. The van der Waals surface area contributed by atoms with Crippen molar-refractivity contribution in [3.8, 4) is 0 Å². The molecule has 0 fully saturated rings. The van der Waals surface area contributed by atoms with Crippen LogP contribution in [0.15, 0.2) is 0 Å². The van der Waals surface area contributed by atoms with Crippen LogP contribution in [0.3, 0.4) is 0 Å². The highest BCUT2D eigenvalue weighted by Crippen LogP contribution is 2.03. The van der Waals surface area contributed by atoms with Crippen molar-refractivity contribution < 1.29 is 24.5 Å². The topological polar surface area (TPSA) is 83.8 Å². The predicted molar refractivity (Wildman–Crippen MR) is 39.9 cm³/mol. The Balaban J connectivity index is 3.87. The van der Waals surface area contributed by atoms with Crippen LogP contribution in [0, 0.1) is 5.92 Å². The summed E-state index contributed by atoms with van der Waals surface area (Å²) in [5, 5.41) is 16.8. The smallest absolute Gasteiger partial charge is 0.309 e. The van der Waals surface area contributed by atoms with Crippen LogP contribution < -0.4 is 0 Å². The lowest BCUT2D eigenvalue weighted by molar-refractivity contribution is -0.150. The van der Waals surface area contributed by atoms with Crippen molar-refractivity contribution >= 4 is 11.9 Å². The van der Waals surface area contributed by atoms with E-state index in [2.05, 4.69) is 0 Å². The molecule has 12 heavy (non-hydrogen) atoms. The number of aliphatic carboxylic acids is 2. The zero-order chi connectivity index (χ0) is 9.56. The van der Waals surface area contributed by atoms with Crippen LogP contribution in [0.25, 0.3) is 0 Å². The molecule has 5 nitrogen and oxygen atoms in total. The van der Waals surface area contributed by atoms with Gasteiger partial charge in [0.15, 0.2) is 0 Å². The molecule has 5 heteroatoms. The van der Waals surface area contributed by atoms with Crippen LogP contribution in [0.4, 0.5) is 0 Å². The lowest BCUT2D eigenvalue weighted by atomic mass is 10.1. The molecule has 0 aromatic rings. The van der Waals surface area contributed by atoms with Crippen molar-refractivity contribution in [2.45, 2.75) is 13.3 Å². The Bertz CT molecular complexity index is 165. The molecule has 0 aliphatic rings. The van der Waals surface area contributed by atoms with Gasteiger partial charge in [-0.3, -0.25) is 9.59 Å². The average Bonchev–Trinajstić information content (AvgIpc) is 1.96. The summed E-state index contributed by atoms with van der Waals surface area (Å²) in [6.07, 6.45) is -0.394. The summed E-state index contributed by atoms with van der Waals surface area (Å²) in [6.45, 7) is 2.07. The van der Waals surface area contributed by atoms with E-state index in [4.69, 9.17) is 14.9 Å². The molecular formula is C7H12O5. The highest BCUT2D eigenvalue weighted by molar-refractivity contribution is 5.77. The van der Waals surface area contributed by atoms with E-state index in [-0.39, 0.29) is 6.61 Å². The molecule has 0 rings (SSSR count). The maximum absolute atomic E-state index is 10.4. The summed E-state index contributed by atoms with van der Waals surface area (Å²) in [5.74, 6) is -3.20. The normalized spacial score (nSPS) is 12.4. The second-order valence-electron chi connectivity index (χ2n) is 2.29. The minimum absolute atomic E-state index is 0.0435. The summed E-state index contributed by atoms with van der Waals surface area (Å²) in [7, 11) is 0. The molecule has 1 atom stereocenters. The quantitative estimate of drug-likeness (QED) is 0.603. The number of hydrogen-bond donors (Lipinski definition) is 2. The first-order chi connectivity index (χ1) is 5.57. The van der Waals surface area contributed by atoms with Gasteiger partial charge in [-0.05, 0) is 6.92 Å². The highest BCUT2D eigenvalue weighted by atomic mass is 16.5. The van der Waals surface area contributed by atoms with Crippen molar-refractivity contribution in [3.05, 3.63) is 0 Å². The summed E-state index contributed by atoms with van der Waals surface area (Å²) in [5.41, 5.74) is 0. The van der Waals surface area contributed by atoms with Gasteiger partial charge in [-0.2, -0.15) is 0 Å². The van der Waals surface area contributed by atoms with Gasteiger partial charge in [-0.25, -0.2) is 0 Å². The second-order valence-corrected chi connectivity index (χ2v) is 2.29. The van der Waals surface area contributed by atoms with Crippen molar-refractivity contribution in [1.82, 2.24) is 0 Å². The van der Waals surface area contributed by atoms with E-state index in [0.29, 0.717) is 6.61 Å². The van der Waals surface area contributed by atoms with Crippen molar-refractivity contribution in [2.75, 3.05) is 13.2 Å². The van der Waals surface area contributed by atoms with E-state index in [1.165, 1.54) is 0 Å². The number of carboxylic acids is 2. The van der Waals surface area contributed by atoms with Crippen LogP contribution in [0.5, 0.6) is 0 Å². The van der Waals surface area contributed by atoms with E-state index in [1.807, 2.05) is 0 Å². The third kappa shape index (κ3) is 4.68. The van der Waals surface area contributed by atoms with E-state index in [0.717, 1.165) is 0 Å². The Morgan fingerprint density at radius 3 is 2.33 bits per heavy atom. The van der Waals surface area contributed by atoms with Crippen molar-refractivity contribution in [2.24, 2.45) is 5.92 Å². The first kappa shape index (κ1) is 10.9. The maximum Gasteiger partial charge on any atom is 0.309 e. The lowest BCUT2D eigenvalue weighted by Crippen LogP contribution is -2.22. The molecule has 0 amide bonds. The van der Waals surface area contributed by atoms with Gasteiger partial charge in [0.05, 0.1) is 18.9 Å². The van der Waals surface area contributed by atoms with Crippen molar-refractivity contribution in [1.29, 1.82) is 0 Å². The molecule has 0 saturated carbocycles. The molecule has 0 bridgehead atoms. The van der Waals surface area contributed by atoms with Crippen LogP contribution in [-0.2, 0) is 14.3 Å². The Kier molecular flexibility index (Phi) is 5.03. The molecule has 0 aromatic carbocycles. The fourth-order valence-electron chi connectivity index (χ4n) is 0.688. The zero-order valence-electron chi connectivity index (χ0n) is 6.82. The van der Waals surface area contributed by atoms with Gasteiger partial charge >= 0.3 is 11.9 Å². The minimum atomic E-state index is -1.13. The van der Waals surface area contributed by atoms with Gasteiger partial charge in [0.2, 0.25) is 0 Å². The first-order valence-corrected chi connectivity index (χ1v) is 3.60. The Hall–Kier alpha value is -1.10. The van der Waals surface area contributed by atoms with E-state index in [1.54, 1.807) is 6.92 Å². The third-order valence-electron chi connectivity index (χ3n) is 1.29. The molecule has 70 valence electrons. The van der Waals surface area contributed by atoms with Crippen LogP contribution in [0.2, 0.25) is 0 Å². The molecule has 0 heterocycles. The summed E-state index contributed by atoms with van der Waals surface area (Å²) in [4.78, 5) is 20.6. The number of carbonyl (C=O) groups is 2. The van der Waals surface area contributed by atoms with Gasteiger partial charge in [0, 0.05) is 6.61 Å². The van der Waals surface area contributed by atoms with E-state index in [9.17, 15) is 9.59 Å². The number of rotatable bonds is 6. The number of hydrogen-bond acceptors (Lipinski definition) is 3. The molecule has 0 aromatic heterocycles. The minimum Gasteiger partial charge on any atom is -0.481 e. The van der Waals surface area contributed by atoms with Crippen LogP contribution in [0.1, 0.15) is 13.3 Å². The molecule has 0 saturated heterocycles. The van der Waals surface area contributed by atoms with Gasteiger partial charge in [-0.15, -0.1) is 0 Å². The van der Waals surface area contributed by atoms with Gasteiger partial charge in [0.25, 0.3) is 0 Å². The standard InChI is InChI=1S/C7H12O5/c1-2-12-4-5(7(10)11)3-6(8)9/h5H,2-4H2,1H3,(H,8,9)(H,10,11). The second kappa shape index (κ2) is 5.54.